The maximum atomic E-state index is 13.1. The highest BCUT2D eigenvalue weighted by atomic mass is 32.2. The number of nitrogens with zero attached hydrogens (tertiary/aromatic N) is 2. The molecular weight excluding hydrogens is 438 g/mol. The third-order valence-electron chi connectivity index (χ3n) is 5.02. The number of carboxylic acid groups (broad SMARTS) is 1. The van der Waals surface area contributed by atoms with Crippen molar-refractivity contribution in [3.63, 3.8) is 0 Å². The van der Waals surface area contributed by atoms with Gasteiger partial charge >= 0.3 is 5.97 Å². The first-order valence-corrected chi connectivity index (χ1v) is 11.7. The second-order valence-electron chi connectivity index (χ2n) is 7.31. The molecule has 0 aliphatic heterocycles. The lowest BCUT2D eigenvalue weighted by atomic mass is 9.97. The summed E-state index contributed by atoms with van der Waals surface area (Å²) in [6.07, 6.45) is 5.42. The molecule has 1 heterocycles. The molecule has 0 bridgehead atoms. The molecule has 1 unspecified atom stereocenters. The summed E-state index contributed by atoms with van der Waals surface area (Å²) in [5, 5.41) is 12.2. The average molecular weight is 464 g/mol. The van der Waals surface area contributed by atoms with Crippen LogP contribution < -0.4 is 10.2 Å². The molecule has 0 aliphatic rings. The summed E-state index contributed by atoms with van der Waals surface area (Å²) < 4.78 is 0. The predicted octanol–water partition coefficient (Wildman–Crippen LogP) is 4.37. The first kappa shape index (κ1) is 24.0. The molecule has 0 saturated carbocycles. The summed E-state index contributed by atoms with van der Waals surface area (Å²) in [7, 11) is 0. The van der Waals surface area contributed by atoms with E-state index in [9.17, 15) is 19.5 Å². The second kappa shape index (κ2) is 11.3. The van der Waals surface area contributed by atoms with E-state index in [4.69, 9.17) is 0 Å². The van der Waals surface area contributed by atoms with Crippen LogP contribution in [-0.4, -0.2) is 45.9 Å². The fraction of sp³-hybridized carbons (Fsp3) is 0.200. The first-order valence-electron chi connectivity index (χ1n) is 10.3. The normalized spacial score (nSPS) is 11.5. The molecule has 0 radical (unpaired) electrons. The van der Waals surface area contributed by atoms with Crippen molar-refractivity contribution in [3.05, 3.63) is 78.6 Å². The van der Waals surface area contributed by atoms with Crippen molar-refractivity contribution in [1.29, 1.82) is 0 Å². The lowest BCUT2D eigenvalue weighted by Crippen LogP contribution is -2.41. The van der Waals surface area contributed by atoms with Gasteiger partial charge in [0.15, 0.2) is 0 Å². The minimum absolute atomic E-state index is 0.206. The summed E-state index contributed by atoms with van der Waals surface area (Å²) in [6.45, 7) is 1.46. The highest BCUT2D eigenvalue weighted by molar-refractivity contribution is 7.98. The molecule has 1 aromatic heterocycles. The number of amides is 2. The molecule has 33 heavy (non-hydrogen) atoms. The molecule has 7 nitrogen and oxygen atoms in total. The van der Waals surface area contributed by atoms with Gasteiger partial charge in [0, 0.05) is 24.4 Å². The first-order chi connectivity index (χ1) is 15.9. The van der Waals surface area contributed by atoms with Gasteiger partial charge in [-0.05, 0) is 59.9 Å². The number of benzene rings is 2. The van der Waals surface area contributed by atoms with Crippen molar-refractivity contribution in [2.45, 2.75) is 19.4 Å². The lowest BCUT2D eigenvalue weighted by molar-refractivity contribution is -0.139. The Morgan fingerprint density at radius 1 is 1.06 bits per heavy atom. The van der Waals surface area contributed by atoms with Gasteiger partial charge in [-0.1, -0.05) is 30.3 Å². The quantitative estimate of drug-likeness (QED) is 0.489. The molecule has 8 heteroatoms. The van der Waals surface area contributed by atoms with Gasteiger partial charge in [-0.3, -0.25) is 19.5 Å². The average Bonchev–Trinajstić information content (AvgIpc) is 2.82. The molecule has 0 spiro atoms. The molecule has 2 N–H and O–H groups in total. The number of carbonyl (C=O) groups excluding carboxylic acids is 2. The molecular formula is C25H25N3O4S. The summed E-state index contributed by atoms with van der Waals surface area (Å²) in [6, 6.07) is 16.9. The van der Waals surface area contributed by atoms with E-state index in [0.29, 0.717) is 34.7 Å². The SMILES string of the molecule is CSCCC(NC(=O)c1ccc(N(C(C)=O)c2cccnc2)cc1-c1ccccc1)C(=O)O. The van der Waals surface area contributed by atoms with Crippen molar-refractivity contribution in [1.82, 2.24) is 10.3 Å². The number of thioether (sulfide) groups is 1. The van der Waals surface area contributed by atoms with Gasteiger partial charge in [0.05, 0.1) is 11.9 Å². The van der Waals surface area contributed by atoms with E-state index in [1.165, 1.54) is 23.6 Å². The molecule has 1 atom stereocenters. The molecule has 0 saturated heterocycles. The number of anilines is 2. The lowest BCUT2D eigenvalue weighted by Gasteiger charge is -2.23. The fourth-order valence-corrected chi connectivity index (χ4v) is 3.93. The van der Waals surface area contributed by atoms with Crippen LogP contribution in [0.25, 0.3) is 11.1 Å². The summed E-state index contributed by atoms with van der Waals surface area (Å²) >= 11 is 1.52. The van der Waals surface area contributed by atoms with E-state index in [0.717, 1.165) is 5.56 Å². The van der Waals surface area contributed by atoms with Crippen LogP contribution in [0.15, 0.2) is 73.1 Å². The molecule has 3 aromatic rings. The zero-order valence-corrected chi connectivity index (χ0v) is 19.2. The highest BCUT2D eigenvalue weighted by Gasteiger charge is 2.23. The number of carboxylic acids is 1. The van der Waals surface area contributed by atoms with Gasteiger partial charge in [0.25, 0.3) is 5.91 Å². The zero-order chi connectivity index (χ0) is 23.8. The van der Waals surface area contributed by atoms with Crippen molar-refractivity contribution < 1.29 is 19.5 Å². The second-order valence-corrected chi connectivity index (χ2v) is 8.29. The number of rotatable bonds is 9. The number of hydrogen-bond acceptors (Lipinski definition) is 5. The van der Waals surface area contributed by atoms with Gasteiger partial charge < -0.3 is 10.4 Å². The molecule has 170 valence electrons. The Morgan fingerprint density at radius 2 is 1.82 bits per heavy atom. The monoisotopic (exact) mass is 463 g/mol. The van der Waals surface area contributed by atoms with Gasteiger partial charge in [-0.25, -0.2) is 4.79 Å². The molecule has 2 aromatic carbocycles. The molecule has 3 rings (SSSR count). The Morgan fingerprint density at radius 3 is 2.42 bits per heavy atom. The number of aromatic nitrogens is 1. The van der Waals surface area contributed by atoms with E-state index in [1.807, 2.05) is 36.6 Å². The zero-order valence-electron chi connectivity index (χ0n) is 18.4. The summed E-state index contributed by atoms with van der Waals surface area (Å²) in [4.78, 5) is 42.9. The Balaban J connectivity index is 2.05. The maximum absolute atomic E-state index is 13.1. The van der Waals surface area contributed by atoms with Crippen LogP contribution in [-0.2, 0) is 9.59 Å². The van der Waals surface area contributed by atoms with Crippen LogP contribution in [0, 0.1) is 0 Å². The number of carbonyl (C=O) groups is 3. The smallest absolute Gasteiger partial charge is 0.326 e. The van der Waals surface area contributed by atoms with Gasteiger partial charge in [-0.15, -0.1) is 0 Å². The summed E-state index contributed by atoms with van der Waals surface area (Å²) in [5.74, 6) is -1.15. The Kier molecular flexibility index (Phi) is 8.21. The van der Waals surface area contributed by atoms with E-state index >= 15 is 0 Å². The third-order valence-corrected chi connectivity index (χ3v) is 5.67. The van der Waals surface area contributed by atoms with Crippen molar-refractivity contribution in [3.8, 4) is 11.1 Å². The van der Waals surface area contributed by atoms with E-state index in [-0.39, 0.29) is 5.91 Å². The van der Waals surface area contributed by atoms with E-state index < -0.39 is 17.9 Å². The number of pyridine rings is 1. The highest BCUT2D eigenvalue weighted by Crippen LogP contribution is 2.32. The predicted molar refractivity (Wildman–Crippen MR) is 131 cm³/mol. The van der Waals surface area contributed by atoms with Crippen molar-refractivity contribution in [2.24, 2.45) is 0 Å². The van der Waals surface area contributed by atoms with Crippen molar-refractivity contribution >= 4 is 40.9 Å². The van der Waals surface area contributed by atoms with Gasteiger partial charge in [0.2, 0.25) is 5.91 Å². The van der Waals surface area contributed by atoms with Crippen LogP contribution in [0.3, 0.4) is 0 Å². The minimum Gasteiger partial charge on any atom is -0.480 e. The molecule has 0 aliphatic carbocycles. The number of hydrogen-bond donors (Lipinski definition) is 2. The summed E-state index contributed by atoms with van der Waals surface area (Å²) in [5.41, 5.74) is 2.87. The van der Waals surface area contributed by atoms with Gasteiger partial charge in [0.1, 0.15) is 6.04 Å². The Labute approximate surface area is 196 Å². The van der Waals surface area contributed by atoms with Crippen LogP contribution in [0.4, 0.5) is 11.4 Å². The third kappa shape index (κ3) is 5.98. The molecule has 2 amide bonds. The molecule has 0 fully saturated rings. The number of nitrogens with one attached hydrogen (secondary N) is 1. The van der Waals surface area contributed by atoms with Gasteiger partial charge in [-0.2, -0.15) is 11.8 Å². The maximum Gasteiger partial charge on any atom is 0.326 e. The number of aliphatic carboxylic acids is 1. The van der Waals surface area contributed by atoms with Crippen LogP contribution in [0.1, 0.15) is 23.7 Å². The van der Waals surface area contributed by atoms with Crippen LogP contribution in [0.2, 0.25) is 0 Å². The Hall–Kier alpha value is -3.65. The fourth-order valence-electron chi connectivity index (χ4n) is 3.45. The van der Waals surface area contributed by atoms with Crippen LogP contribution in [0.5, 0.6) is 0 Å². The van der Waals surface area contributed by atoms with Crippen LogP contribution >= 0.6 is 11.8 Å². The topological polar surface area (TPSA) is 99.6 Å². The van der Waals surface area contributed by atoms with E-state index in [2.05, 4.69) is 10.3 Å². The van der Waals surface area contributed by atoms with E-state index in [1.54, 1.807) is 42.7 Å². The van der Waals surface area contributed by atoms with Crippen molar-refractivity contribution in [2.75, 3.05) is 16.9 Å². The standard InChI is InChI=1S/C25H25N3O4S/c1-17(29)28(20-9-6-13-26-16-20)19-10-11-21(22(15-19)18-7-4-3-5-8-18)24(30)27-23(25(31)32)12-14-33-2/h3-11,13,15-16,23H,12,14H2,1-2H3,(H,27,30)(H,31,32). The largest absolute Gasteiger partial charge is 0.480 e. The Bertz CT molecular complexity index is 1120. The minimum atomic E-state index is -1.07.